The smallest absolute Gasteiger partial charge is 0.240 e. The maximum Gasteiger partial charge on any atom is 0.280 e. The van der Waals surface area contributed by atoms with Crippen molar-refractivity contribution in [2.75, 3.05) is 0 Å². The maximum atomic E-state index is 12.5. The topological polar surface area (TPSA) is 36.7 Å². The number of nitriles is 1. The number of halogens is 4. The van der Waals surface area contributed by atoms with Gasteiger partial charge in [-0.2, -0.15) is 5.26 Å². The van der Waals surface area contributed by atoms with Gasteiger partial charge in [0.15, 0.2) is 0 Å². The first-order valence-electron chi connectivity index (χ1n) is 3.99. The van der Waals surface area contributed by atoms with Crippen molar-refractivity contribution in [2.24, 2.45) is 0 Å². The van der Waals surface area contributed by atoms with Gasteiger partial charge < -0.3 is 0 Å². The summed E-state index contributed by atoms with van der Waals surface area (Å²) in [4.78, 5) is 3.76. The molecule has 0 unspecified atom stereocenters. The number of nitrogens with zero attached hydrogens (tertiary/aromatic N) is 2. The molecule has 0 bridgehead atoms. The molecular weight excluding hydrogens is 336 g/mol. The molecule has 0 N–H and O–H groups in total. The summed E-state index contributed by atoms with van der Waals surface area (Å²) in [5, 5.41) is 8.52. The monoisotopic (exact) mass is 342 g/mol. The SMILES string of the molecule is N#CCc1cc(CCl)c(C(F)F)nc1I. The van der Waals surface area contributed by atoms with Crippen LogP contribution < -0.4 is 0 Å². The summed E-state index contributed by atoms with van der Waals surface area (Å²) in [6, 6.07) is 3.47. The van der Waals surface area contributed by atoms with E-state index in [0.29, 0.717) is 9.26 Å². The summed E-state index contributed by atoms with van der Waals surface area (Å²) in [7, 11) is 0. The Kier molecular flexibility index (Phi) is 4.67. The quantitative estimate of drug-likeness (QED) is 0.479. The number of hydrogen-bond donors (Lipinski definition) is 0. The molecule has 0 aliphatic carbocycles. The van der Waals surface area contributed by atoms with Gasteiger partial charge in [-0.3, -0.25) is 0 Å². The number of alkyl halides is 3. The molecule has 6 heteroatoms. The highest BCUT2D eigenvalue weighted by molar-refractivity contribution is 14.1. The summed E-state index contributed by atoms with van der Waals surface area (Å²) in [5.74, 6) is -0.0258. The molecule has 0 aliphatic heterocycles. The molecule has 0 atom stereocenters. The van der Waals surface area contributed by atoms with Crippen molar-refractivity contribution in [1.29, 1.82) is 5.26 Å². The molecular formula is C9H6ClF2IN2. The van der Waals surface area contributed by atoms with Crippen LogP contribution in [-0.2, 0) is 12.3 Å². The summed E-state index contributed by atoms with van der Waals surface area (Å²) >= 11 is 7.38. The molecule has 2 nitrogen and oxygen atoms in total. The lowest BCUT2D eigenvalue weighted by molar-refractivity contribution is 0.145. The lowest BCUT2D eigenvalue weighted by Gasteiger charge is -2.08. The predicted molar refractivity (Wildman–Crippen MR) is 60.8 cm³/mol. The minimum atomic E-state index is -2.64. The molecule has 0 amide bonds. The lowest BCUT2D eigenvalue weighted by Crippen LogP contribution is -2.02. The Labute approximate surface area is 104 Å². The Morgan fingerprint density at radius 1 is 1.53 bits per heavy atom. The van der Waals surface area contributed by atoms with Gasteiger partial charge in [0, 0.05) is 5.88 Å². The fraction of sp³-hybridized carbons (Fsp3) is 0.333. The fourth-order valence-corrected chi connectivity index (χ4v) is 1.92. The lowest BCUT2D eigenvalue weighted by atomic mass is 10.1. The van der Waals surface area contributed by atoms with Gasteiger partial charge >= 0.3 is 0 Å². The van der Waals surface area contributed by atoms with Crippen LogP contribution in [0.5, 0.6) is 0 Å². The van der Waals surface area contributed by atoms with Crippen LogP contribution in [-0.4, -0.2) is 4.98 Å². The largest absolute Gasteiger partial charge is 0.280 e. The Bertz CT molecular complexity index is 404. The molecule has 0 saturated heterocycles. The van der Waals surface area contributed by atoms with Gasteiger partial charge in [0.2, 0.25) is 0 Å². The summed E-state index contributed by atoms with van der Waals surface area (Å²) in [6.07, 6.45) is -2.48. The third kappa shape index (κ3) is 2.98. The second kappa shape index (κ2) is 5.56. The maximum absolute atomic E-state index is 12.5. The second-order valence-corrected chi connectivity index (χ2v) is 4.04. The molecule has 0 spiro atoms. The number of aromatic nitrogens is 1. The van der Waals surface area contributed by atoms with Crippen LogP contribution in [0.25, 0.3) is 0 Å². The minimum absolute atomic E-state index is 0.0258. The normalized spacial score (nSPS) is 10.4. The van der Waals surface area contributed by atoms with Crippen molar-refractivity contribution in [3.05, 3.63) is 26.6 Å². The van der Waals surface area contributed by atoms with Gasteiger partial charge in [0.05, 0.1) is 12.5 Å². The Hall–Kier alpha value is -0.480. The molecule has 0 aliphatic rings. The molecule has 0 saturated carbocycles. The van der Waals surface area contributed by atoms with Gasteiger partial charge in [0.25, 0.3) is 6.43 Å². The first-order valence-corrected chi connectivity index (χ1v) is 5.60. The highest BCUT2D eigenvalue weighted by Gasteiger charge is 2.17. The molecule has 15 heavy (non-hydrogen) atoms. The van der Waals surface area contributed by atoms with Crippen LogP contribution in [0.1, 0.15) is 23.2 Å². The van der Waals surface area contributed by atoms with Gasteiger partial charge in [-0.15, -0.1) is 11.6 Å². The van der Waals surface area contributed by atoms with E-state index in [1.54, 1.807) is 0 Å². The van der Waals surface area contributed by atoms with E-state index in [9.17, 15) is 8.78 Å². The number of rotatable bonds is 3. The Balaban J connectivity index is 3.24. The average molecular weight is 343 g/mol. The summed E-state index contributed by atoms with van der Waals surface area (Å²) < 4.78 is 25.5. The predicted octanol–water partition coefficient (Wildman–Crippen LogP) is 3.43. The van der Waals surface area contributed by atoms with Crippen LogP contribution in [0.15, 0.2) is 6.07 Å². The van der Waals surface area contributed by atoms with Crippen molar-refractivity contribution in [3.8, 4) is 6.07 Å². The molecule has 1 heterocycles. The van der Waals surface area contributed by atoms with E-state index < -0.39 is 6.43 Å². The zero-order valence-electron chi connectivity index (χ0n) is 7.48. The van der Waals surface area contributed by atoms with Crippen LogP contribution in [0.4, 0.5) is 8.78 Å². The van der Waals surface area contributed by atoms with Gasteiger partial charge in [-0.1, -0.05) is 0 Å². The Morgan fingerprint density at radius 2 is 2.20 bits per heavy atom. The fourth-order valence-electron chi connectivity index (χ4n) is 1.10. The first kappa shape index (κ1) is 12.6. The zero-order chi connectivity index (χ0) is 11.4. The van der Waals surface area contributed by atoms with Crippen LogP contribution >= 0.6 is 34.2 Å². The molecule has 1 rings (SSSR count). The summed E-state index contributed by atoms with van der Waals surface area (Å²) in [6.45, 7) is 0. The van der Waals surface area contributed by atoms with E-state index in [0.717, 1.165) is 0 Å². The minimum Gasteiger partial charge on any atom is -0.240 e. The van der Waals surface area contributed by atoms with Gasteiger partial charge in [-0.25, -0.2) is 13.8 Å². The Morgan fingerprint density at radius 3 is 2.67 bits per heavy atom. The van der Waals surface area contributed by atoms with E-state index in [4.69, 9.17) is 16.9 Å². The van der Waals surface area contributed by atoms with Gasteiger partial charge in [-0.05, 0) is 39.8 Å². The zero-order valence-corrected chi connectivity index (χ0v) is 10.4. The van der Waals surface area contributed by atoms with E-state index >= 15 is 0 Å². The second-order valence-electron chi connectivity index (χ2n) is 2.75. The van der Waals surface area contributed by atoms with Crippen molar-refractivity contribution in [2.45, 2.75) is 18.7 Å². The van der Waals surface area contributed by atoms with Crippen molar-refractivity contribution in [1.82, 2.24) is 4.98 Å². The molecule has 80 valence electrons. The standard InChI is InChI=1S/C9H6ClF2IN2/c10-4-6-3-5(1-2-14)9(13)15-7(6)8(11)12/h3,8H,1,4H2. The third-order valence-corrected chi connectivity index (χ3v) is 3.00. The molecule has 0 aromatic carbocycles. The molecule has 0 fully saturated rings. The van der Waals surface area contributed by atoms with Crippen molar-refractivity contribution < 1.29 is 8.78 Å². The van der Waals surface area contributed by atoms with Crippen molar-refractivity contribution in [3.63, 3.8) is 0 Å². The summed E-state index contributed by atoms with van der Waals surface area (Å²) in [5.41, 5.74) is 0.631. The van der Waals surface area contributed by atoms with Gasteiger partial charge in [0.1, 0.15) is 9.39 Å². The molecule has 0 radical (unpaired) electrons. The number of hydrogen-bond acceptors (Lipinski definition) is 2. The van der Waals surface area contributed by atoms with Crippen molar-refractivity contribution >= 4 is 34.2 Å². The average Bonchev–Trinajstić information content (AvgIpc) is 2.20. The van der Waals surface area contributed by atoms with Crippen LogP contribution in [0.3, 0.4) is 0 Å². The highest BCUT2D eigenvalue weighted by atomic mass is 127. The van der Waals surface area contributed by atoms with E-state index in [2.05, 4.69) is 4.98 Å². The molecule has 1 aromatic heterocycles. The highest BCUT2D eigenvalue weighted by Crippen LogP contribution is 2.25. The van der Waals surface area contributed by atoms with E-state index in [1.807, 2.05) is 28.7 Å². The first-order chi connectivity index (χ1) is 7.10. The molecule has 1 aromatic rings. The van der Waals surface area contributed by atoms with E-state index in [-0.39, 0.29) is 23.6 Å². The van der Waals surface area contributed by atoms with Crippen LogP contribution in [0, 0.1) is 15.0 Å². The third-order valence-electron chi connectivity index (χ3n) is 1.78. The number of pyridine rings is 1. The van der Waals surface area contributed by atoms with E-state index in [1.165, 1.54) is 6.07 Å². The van der Waals surface area contributed by atoms with Crippen LogP contribution in [0.2, 0.25) is 0 Å².